The van der Waals surface area contributed by atoms with Gasteiger partial charge in [0.05, 0.1) is 6.10 Å². The number of aliphatic hydroxyl groups excluding tert-OH is 1. The fraction of sp³-hybridized carbons (Fsp3) is 0.647. The highest BCUT2D eigenvalue weighted by atomic mass is 19.1. The first-order chi connectivity index (χ1) is 9.40. The minimum absolute atomic E-state index is 0.241. The fourth-order valence-corrected chi connectivity index (χ4v) is 3.27. The van der Waals surface area contributed by atoms with Crippen molar-refractivity contribution in [2.24, 2.45) is 5.92 Å². The lowest BCUT2D eigenvalue weighted by molar-refractivity contribution is 0.199. The van der Waals surface area contributed by atoms with Crippen LogP contribution in [0, 0.1) is 18.7 Å². The van der Waals surface area contributed by atoms with Crippen LogP contribution in [0.5, 0.6) is 0 Å². The lowest BCUT2D eigenvalue weighted by Gasteiger charge is -2.37. The second-order valence-electron chi connectivity index (χ2n) is 6.37. The maximum absolute atomic E-state index is 13.8. The summed E-state index contributed by atoms with van der Waals surface area (Å²) in [4.78, 5) is 2.24. The Morgan fingerprint density at radius 2 is 2.05 bits per heavy atom. The van der Waals surface area contributed by atoms with Crippen LogP contribution < -0.4 is 4.90 Å². The number of anilines is 1. The molecule has 0 radical (unpaired) electrons. The maximum Gasteiger partial charge on any atom is 0.126 e. The van der Waals surface area contributed by atoms with Crippen LogP contribution in [0.25, 0.3) is 0 Å². The molecule has 1 aliphatic carbocycles. The lowest BCUT2D eigenvalue weighted by Crippen LogP contribution is -2.36. The van der Waals surface area contributed by atoms with E-state index >= 15 is 0 Å². The molecule has 1 aliphatic rings. The van der Waals surface area contributed by atoms with Gasteiger partial charge in [0.2, 0.25) is 0 Å². The van der Waals surface area contributed by atoms with Crippen molar-refractivity contribution in [2.75, 3.05) is 11.9 Å². The van der Waals surface area contributed by atoms with Gasteiger partial charge in [-0.05, 0) is 50.3 Å². The van der Waals surface area contributed by atoms with Gasteiger partial charge in [0.15, 0.2) is 0 Å². The number of rotatable bonds is 3. The SMILES string of the molecule is Cc1cc(N(C)C2CCCC(C)C2)c(C(C)O)cc1F. The van der Waals surface area contributed by atoms with Crippen LogP contribution in [0.15, 0.2) is 12.1 Å². The summed E-state index contributed by atoms with van der Waals surface area (Å²) in [6, 6.07) is 3.84. The molecule has 2 rings (SSSR count). The highest BCUT2D eigenvalue weighted by Gasteiger charge is 2.25. The molecule has 0 heterocycles. The molecule has 0 amide bonds. The Morgan fingerprint density at radius 1 is 1.35 bits per heavy atom. The molecule has 3 atom stereocenters. The molecule has 3 unspecified atom stereocenters. The Morgan fingerprint density at radius 3 is 2.65 bits per heavy atom. The highest BCUT2D eigenvalue weighted by Crippen LogP contribution is 2.34. The molecule has 2 nitrogen and oxygen atoms in total. The average Bonchev–Trinajstić information content (AvgIpc) is 2.40. The predicted molar refractivity (Wildman–Crippen MR) is 81.6 cm³/mol. The van der Waals surface area contributed by atoms with E-state index < -0.39 is 6.10 Å². The molecule has 0 bridgehead atoms. The van der Waals surface area contributed by atoms with Crippen LogP contribution in [-0.2, 0) is 0 Å². The van der Waals surface area contributed by atoms with Gasteiger partial charge in [0.25, 0.3) is 0 Å². The third-order valence-electron chi connectivity index (χ3n) is 4.59. The summed E-state index contributed by atoms with van der Waals surface area (Å²) in [5.74, 6) is 0.503. The zero-order chi connectivity index (χ0) is 14.9. The van der Waals surface area contributed by atoms with Crippen molar-refractivity contribution >= 4 is 5.69 Å². The quantitative estimate of drug-likeness (QED) is 0.896. The van der Waals surface area contributed by atoms with Crippen molar-refractivity contribution in [1.29, 1.82) is 0 Å². The van der Waals surface area contributed by atoms with Gasteiger partial charge in [-0.25, -0.2) is 4.39 Å². The smallest absolute Gasteiger partial charge is 0.126 e. The van der Waals surface area contributed by atoms with E-state index in [0.717, 1.165) is 11.6 Å². The number of nitrogens with zero attached hydrogens (tertiary/aromatic N) is 1. The van der Waals surface area contributed by atoms with Gasteiger partial charge in [0.1, 0.15) is 5.82 Å². The van der Waals surface area contributed by atoms with Crippen LogP contribution >= 0.6 is 0 Å². The Balaban J connectivity index is 2.32. The van der Waals surface area contributed by atoms with Crippen molar-refractivity contribution in [3.05, 3.63) is 29.1 Å². The van der Waals surface area contributed by atoms with Gasteiger partial charge in [-0.2, -0.15) is 0 Å². The average molecular weight is 279 g/mol. The zero-order valence-electron chi connectivity index (χ0n) is 13.0. The van der Waals surface area contributed by atoms with Crippen LogP contribution in [0.2, 0.25) is 0 Å². The first-order valence-corrected chi connectivity index (χ1v) is 7.61. The van der Waals surface area contributed by atoms with Gasteiger partial charge in [0, 0.05) is 24.3 Å². The number of hydrogen-bond donors (Lipinski definition) is 1. The van der Waals surface area contributed by atoms with Gasteiger partial charge in [-0.1, -0.05) is 19.8 Å². The van der Waals surface area contributed by atoms with Gasteiger partial charge >= 0.3 is 0 Å². The first kappa shape index (κ1) is 15.3. The van der Waals surface area contributed by atoms with E-state index in [9.17, 15) is 9.50 Å². The van der Waals surface area contributed by atoms with Gasteiger partial charge < -0.3 is 10.0 Å². The maximum atomic E-state index is 13.8. The molecule has 112 valence electrons. The standard InChI is InChI=1S/C17H26FNO/c1-11-6-5-7-14(8-11)19(4)17-9-12(2)16(18)10-15(17)13(3)20/h9-11,13-14,20H,5-8H2,1-4H3. The third kappa shape index (κ3) is 3.14. The number of benzene rings is 1. The molecule has 0 spiro atoms. The zero-order valence-corrected chi connectivity index (χ0v) is 13.0. The Kier molecular flexibility index (Phi) is 4.69. The van der Waals surface area contributed by atoms with Gasteiger partial charge in [-0.15, -0.1) is 0 Å². The molecule has 0 saturated heterocycles. The molecule has 0 aromatic heterocycles. The molecule has 3 heteroatoms. The summed E-state index contributed by atoms with van der Waals surface area (Å²) in [6.07, 6.45) is 4.25. The first-order valence-electron chi connectivity index (χ1n) is 7.61. The normalized spacial score (nSPS) is 24.5. The van der Waals surface area contributed by atoms with Gasteiger partial charge in [-0.3, -0.25) is 0 Å². The second kappa shape index (κ2) is 6.13. The van der Waals surface area contributed by atoms with E-state index in [0.29, 0.717) is 17.2 Å². The number of hydrogen-bond acceptors (Lipinski definition) is 2. The minimum Gasteiger partial charge on any atom is -0.389 e. The monoisotopic (exact) mass is 279 g/mol. The second-order valence-corrected chi connectivity index (χ2v) is 6.37. The molecular weight excluding hydrogens is 253 g/mol. The molecule has 1 aromatic rings. The Bertz CT molecular complexity index is 472. The minimum atomic E-state index is -0.649. The van der Waals surface area contributed by atoms with E-state index in [4.69, 9.17) is 0 Å². The Labute approximate surface area is 121 Å². The molecule has 0 aliphatic heterocycles. The van der Waals surface area contributed by atoms with Crippen LogP contribution in [0.4, 0.5) is 10.1 Å². The van der Waals surface area contributed by atoms with E-state index in [1.807, 2.05) is 6.07 Å². The van der Waals surface area contributed by atoms with Crippen LogP contribution in [0.1, 0.15) is 56.8 Å². The summed E-state index contributed by atoms with van der Waals surface area (Å²) in [7, 11) is 2.07. The molecular formula is C17H26FNO. The van der Waals surface area contributed by atoms with E-state index in [-0.39, 0.29) is 5.82 Å². The molecule has 1 saturated carbocycles. The van der Waals surface area contributed by atoms with E-state index in [1.54, 1.807) is 13.8 Å². The topological polar surface area (TPSA) is 23.5 Å². The lowest BCUT2D eigenvalue weighted by atomic mass is 9.86. The summed E-state index contributed by atoms with van der Waals surface area (Å²) in [5.41, 5.74) is 2.30. The molecule has 20 heavy (non-hydrogen) atoms. The van der Waals surface area contributed by atoms with E-state index in [2.05, 4.69) is 18.9 Å². The fourth-order valence-electron chi connectivity index (χ4n) is 3.27. The molecule has 1 fully saturated rings. The summed E-state index contributed by atoms with van der Waals surface area (Å²) < 4.78 is 13.8. The summed E-state index contributed by atoms with van der Waals surface area (Å²) in [6.45, 7) is 5.78. The predicted octanol–water partition coefficient (Wildman–Crippen LogP) is 4.20. The van der Waals surface area contributed by atoms with Crippen molar-refractivity contribution < 1.29 is 9.50 Å². The summed E-state index contributed by atoms with van der Waals surface area (Å²) in [5, 5.41) is 9.93. The molecule has 1 N–H and O–H groups in total. The third-order valence-corrected chi connectivity index (χ3v) is 4.59. The van der Waals surface area contributed by atoms with Crippen molar-refractivity contribution in [2.45, 2.75) is 58.6 Å². The largest absolute Gasteiger partial charge is 0.389 e. The number of aliphatic hydroxyl groups is 1. The molecule has 1 aromatic carbocycles. The number of halogens is 1. The number of aryl methyl sites for hydroxylation is 1. The Hall–Kier alpha value is -1.09. The van der Waals surface area contributed by atoms with Crippen LogP contribution in [0.3, 0.4) is 0 Å². The van der Waals surface area contributed by atoms with Crippen LogP contribution in [-0.4, -0.2) is 18.2 Å². The van der Waals surface area contributed by atoms with Crippen molar-refractivity contribution in [3.8, 4) is 0 Å². The van der Waals surface area contributed by atoms with Crippen molar-refractivity contribution in [1.82, 2.24) is 0 Å². The highest BCUT2D eigenvalue weighted by molar-refractivity contribution is 5.57. The van der Waals surface area contributed by atoms with Crippen molar-refractivity contribution in [3.63, 3.8) is 0 Å². The van der Waals surface area contributed by atoms with E-state index in [1.165, 1.54) is 31.7 Å². The summed E-state index contributed by atoms with van der Waals surface area (Å²) >= 11 is 0.